The van der Waals surface area contributed by atoms with Gasteiger partial charge in [0.2, 0.25) is 0 Å². The molecule has 0 atom stereocenters. The molecule has 6 heterocycles. The Morgan fingerprint density at radius 2 is 0.534 bits per heavy atom. The van der Waals surface area contributed by atoms with Gasteiger partial charge in [-0.25, -0.2) is 0 Å². The standard InChI is InChI=1S/C106H84B3N7O2/c1-64-44-46-79(47-45-64)113(78-38-24-15-25-39-78)80-54-90-101-99(58-80)117-97-42-28-26-40-83(97)107(101)85-60-86-91(62-89(85)110-90)114(104-68(5)48-65(2)49-69(104)6)94-55-81(111(74-30-16-11-17-31-74)75-32-18-12-19-33-75)56-95-102(94)109(86)88-61-87-92(63-93(88)115(95)105-70(7)50-66(3)51-71(105)8)116(106-72(9)52-67(4)53-73(106)10)96-57-82(59-100-103(96)108(87)84-41-27-29-43-98(84)118-100)112(76-34-20-13-21-35-76)77-36-22-14-23-37-77/h11-63,110H,1-10H3. The van der Waals surface area contributed by atoms with Gasteiger partial charge in [-0.05, 0) is 273 Å². The van der Waals surface area contributed by atoms with Gasteiger partial charge < -0.3 is 44.2 Å². The van der Waals surface area contributed by atoms with Crippen molar-refractivity contribution in [2.45, 2.75) is 69.2 Å². The van der Waals surface area contributed by atoms with Crippen LogP contribution in [0.1, 0.15) is 55.6 Å². The van der Waals surface area contributed by atoms with Crippen molar-refractivity contribution in [2.24, 2.45) is 0 Å². The highest BCUT2D eigenvalue weighted by molar-refractivity contribution is 7.04. The van der Waals surface area contributed by atoms with Crippen LogP contribution in [-0.4, -0.2) is 20.1 Å². The van der Waals surface area contributed by atoms with Crippen LogP contribution in [-0.2, 0) is 0 Å². The van der Waals surface area contributed by atoms with Crippen molar-refractivity contribution in [2.75, 3.05) is 34.7 Å². The molecule has 22 rings (SSSR count). The predicted octanol–water partition coefficient (Wildman–Crippen LogP) is 22.3. The van der Waals surface area contributed by atoms with E-state index < -0.39 is 0 Å². The summed E-state index contributed by atoms with van der Waals surface area (Å²) in [5, 5.41) is 4.27. The number of para-hydroxylation sites is 7. The zero-order valence-corrected chi connectivity index (χ0v) is 67.8. The summed E-state index contributed by atoms with van der Waals surface area (Å²) >= 11 is 0. The van der Waals surface area contributed by atoms with E-state index in [-0.39, 0.29) is 20.1 Å². The molecule has 6 aliphatic heterocycles. The molecule has 0 aromatic heterocycles. The number of nitrogens with zero attached hydrogens (tertiary/aromatic N) is 6. The van der Waals surface area contributed by atoms with E-state index in [0.717, 1.165) is 159 Å². The quantitative estimate of drug-likeness (QED) is 0.121. The molecular formula is C106H84B3N7O2. The highest BCUT2D eigenvalue weighted by atomic mass is 16.5. The van der Waals surface area contributed by atoms with Gasteiger partial charge in [0.05, 0.1) is 34.1 Å². The summed E-state index contributed by atoms with van der Waals surface area (Å²) in [7, 11) is 0. The molecule has 0 bridgehead atoms. The van der Waals surface area contributed by atoms with Crippen molar-refractivity contribution in [3.05, 3.63) is 377 Å². The van der Waals surface area contributed by atoms with E-state index in [9.17, 15) is 0 Å². The number of anilines is 20. The molecule has 564 valence electrons. The fourth-order valence-electron chi connectivity index (χ4n) is 20.8. The molecule has 16 aromatic rings. The molecule has 118 heavy (non-hydrogen) atoms. The Kier molecular flexibility index (Phi) is 16.3. The van der Waals surface area contributed by atoms with Crippen molar-refractivity contribution >= 4 is 183 Å². The van der Waals surface area contributed by atoms with Gasteiger partial charge in [-0.1, -0.05) is 210 Å². The van der Waals surface area contributed by atoms with Crippen molar-refractivity contribution in [3.8, 4) is 23.0 Å². The topological polar surface area (TPSA) is 49.9 Å². The Hall–Kier alpha value is -14.1. The lowest BCUT2D eigenvalue weighted by Gasteiger charge is -2.48. The summed E-state index contributed by atoms with van der Waals surface area (Å²) in [5.74, 6) is 3.34. The Morgan fingerprint density at radius 1 is 0.220 bits per heavy atom. The van der Waals surface area contributed by atoms with Gasteiger partial charge in [0.1, 0.15) is 23.0 Å². The molecular weight excluding hydrogens is 1440 g/mol. The molecule has 12 heteroatoms. The molecule has 0 saturated carbocycles. The smallest absolute Gasteiger partial charge is 0.256 e. The van der Waals surface area contributed by atoms with Crippen molar-refractivity contribution < 1.29 is 9.47 Å². The van der Waals surface area contributed by atoms with E-state index in [2.05, 4.69) is 425 Å². The molecule has 1 N–H and O–H groups in total. The second kappa shape index (κ2) is 27.3. The number of rotatable bonds is 12. The number of hydrogen-bond donors (Lipinski definition) is 1. The second-order valence-electron chi connectivity index (χ2n) is 33.1. The lowest BCUT2D eigenvalue weighted by Crippen LogP contribution is -2.66. The van der Waals surface area contributed by atoms with Crippen molar-refractivity contribution in [1.29, 1.82) is 0 Å². The third-order valence-corrected chi connectivity index (χ3v) is 25.2. The van der Waals surface area contributed by atoms with Gasteiger partial charge in [-0.15, -0.1) is 0 Å². The maximum Gasteiger partial charge on any atom is 0.256 e. The molecule has 6 aliphatic rings. The summed E-state index contributed by atoms with van der Waals surface area (Å²) in [5.41, 5.74) is 43.8. The van der Waals surface area contributed by atoms with Crippen LogP contribution in [0.5, 0.6) is 23.0 Å². The molecule has 0 fully saturated rings. The molecule has 0 aliphatic carbocycles. The van der Waals surface area contributed by atoms with E-state index >= 15 is 0 Å². The van der Waals surface area contributed by atoms with E-state index in [0.29, 0.717) is 0 Å². The average molecular weight is 1520 g/mol. The van der Waals surface area contributed by atoms with Gasteiger partial charge >= 0.3 is 0 Å². The number of benzene rings is 16. The number of ether oxygens (including phenoxy) is 2. The van der Waals surface area contributed by atoms with Gasteiger partial charge in [0.25, 0.3) is 20.1 Å². The fraction of sp³-hybridized carbons (Fsp3) is 0.0943. The SMILES string of the molecule is Cc1ccc(N(c2ccccc2)c2cc3c4c(c2)Oc2ccccc2B4c2cc4c(cc2N3)N(c2c(C)cc(C)cc2C)c2cc(N(c3ccccc3)c3ccccc3)cc3c2B4c2cc4c(cc2N3c2c(C)cc(C)cc2C)N(c2c(C)cc(C)cc2C)c2cc(N(c3ccccc3)c3ccccc3)cc3c2B4c2ccccc2O3)cc1. The minimum atomic E-state index is -0.363. The number of hydrogen-bond acceptors (Lipinski definition) is 9. The Labute approximate surface area is 692 Å². The van der Waals surface area contributed by atoms with Crippen LogP contribution in [0.25, 0.3) is 0 Å². The number of nitrogens with one attached hydrogen (secondary N) is 1. The monoisotopic (exact) mass is 1520 g/mol. The highest BCUT2D eigenvalue weighted by Crippen LogP contribution is 2.55. The average Bonchev–Trinajstić information content (AvgIpc) is 0.678. The van der Waals surface area contributed by atoms with Crippen LogP contribution >= 0.6 is 0 Å². The maximum absolute atomic E-state index is 7.53. The lowest BCUT2D eigenvalue weighted by atomic mass is 9.29. The van der Waals surface area contributed by atoms with Crippen LogP contribution in [0.3, 0.4) is 0 Å². The fourth-order valence-corrected chi connectivity index (χ4v) is 20.8. The summed E-state index contributed by atoms with van der Waals surface area (Å²) in [4.78, 5) is 15.2. The minimum Gasteiger partial charge on any atom is -0.458 e. The normalized spacial score (nSPS) is 13.1. The van der Waals surface area contributed by atoms with E-state index in [1.165, 1.54) is 82.9 Å². The van der Waals surface area contributed by atoms with Gasteiger partial charge in [0, 0.05) is 91.8 Å². The van der Waals surface area contributed by atoms with Gasteiger partial charge in [-0.2, -0.15) is 0 Å². The third kappa shape index (κ3) is 11.1. The largest absolute Gasteiger partial charge is 0.458 e. The van der Waals surface area contributed by atoms with Crippen molar-refractivity contribution in [1.82, 2.24) is 0 Å². The summed E-state index contributed by atoms with van der Waals surface area (Å²) in [6.07, 6.45) is 0. The molecule has 0 unspecified atom stereocenters. The predicted molar refractivity (Wildman–Crippen MR) is 499 cm³/mol. The summed E-state index contributed by atoms with van der Waals surface area (Å²) in [6.45, 7) is 21.9. The van der Waals surface area contributed by atoms with E-state index in [4.69, 9.17) is 9.47 Å². The van der Waals surface area contributed by atoms with Crippen molar-refractivity contribution in [3.63, 3.8) is 0 Å². The van der Waals surface area contributed by atoms with Gasteiger partial charge in [-0.3, -0.25) is 0 Å². The zero-order valence-electron chi connectivity index (χ0n) is 67.8. The van der Waals surface area contributed by atoms with Crippen LogP contribution < -0.4 is 93.4 Å². The van der Waals surface area contributed by atoms with Crippen LogP contribution in [0.2, 0.25) is 0 Å². The van der Waals surface area contributed by atoms with Gasteiger partial charge in [0.15, 0.2) is 0 Å². The first-order valence-electron chi connectivity index (χ1n) is 41.2. The first kappa shape index (κ1) is 70.5. The zero-order chi connectivity index (χ0) is 79.6. The molecule has 9 nitrogen and oxygen atoms in total. The van der Waals surface area contributed by atoms with Crippen LogP contribution in [0.4, 0.5) is 114 Å². The lowest BCUT2D eigenvalue weighted by molar-refractivity contribution is 0.487. The Morgan fingerprint density at radius 3 is 0.941 bits per heavy atom. The third-order valence-electron chi connectivity index (χ3n) is 25.2. The first-order valence-corrected chi connectivity index (χ1v) is 41.2. The maximum atomic E-state index is 7.53. The van der Waals surface area contributed by atoms with Crippen LogP contribution in [0, 0.1) is 69.2 Å². The molecule has 16 aromatic carbocycles. The minimum absolute atomic E-state index is 0.228. The van der Waals surface area contributed by atoms with E-state index in [1.54, 1.807) is 0 Å². The Balaban J connectivity index is 0.878. The number of fused-ring (bicyclic) bond motifs is 12. The Bertz CT molecular complexity index is 6700. The van der Waals surface area contributed by atoms with Crippen LogP contribution in [0.15, 0.2) is 322 Å². The second-order valence-corrected chi connectivity index (χ2v) is 33.1. The van der Waals surface area contributed by atoms with E-state index in [1.807, 2.05) is 0 Å². The molecule has 0 amide bonds. The summed E-state index contributed by atoms with van der Waals surface area (Å²) in [6, 6.07) is 120. The first-order chi connectivity index (χ1) is 57.6. The molecule has 0 saturated heterocycles. The molecule has 0 spiro atoms. The number of aryl methyl sites for hydroxylation is 10. The molecule has 0 radical (unpaired) electrons. The summed E-state index contributed by atoms with van der Waals surface area (Å²) < 4.78 is 14.9. The highest BCUT2D eigenvalue weighted by Gasteiger charge is 2.51.